The first-order valence-corrected chi connectivity index (χ1v) is 4.47. The smallest absolute Gasteiger partial charge is 0.294 e. The van der Waals surface area contributed by atoms with Crippen LogP contribution in [0.4, 0.5) is 0 Å². The number of imidazole rings is 1. The lowest BCUT2D eigenvalue weighted by atomic mass is 10.3. The normalized spacial score (nSPS) is 10.5. The highest BCUT2D eigenvalue weighted by Gasteiger charge is 2.00. The van der Waals surface area contributed by atoms with Gasteiger partial charge in [0, 0.05) is 0 Å². The van der Waals surface area contributed by atoms with Crippen molar-refractivity contribution in [2.75, 3.05) is 6.61 Å². The van der Waals surface area contributed by atoms with Gasteiger partial charge >= 0.3 is 0 Å². The molecule has 3 heteroatoms. The van der Waals surface area contributed by atoms with E-state index in [1.807, 2.05) is 24.3 Å². The van der Waals surface area contributed by atoms with Gasteiger partial charge < -0.3 is 9.72 Å². The quantitative estimate of drug-likeness (QED) is 0.779. The Morgan fingerprint density at radius 3 is 3.00 bits per heavy atom. The molecule has 0 saturated carbocycles. The Morgan fingerprint density at radius 1 is 1.38 bits per heavy atom. The maximum atomic E-state index is 5.37. The molecule has 0 saturated heterocycles. The van der Waals surface area contributed by atoms with Crippen molar-refractivity contribution in [3.8, 4) is 6.01 Å². The summed E-state index contributed by atoms with van der Waals surface area (Å²) in [5.74, 6) is 0. The molecule has 68 valence electrons. The molecule has 1 aromatic heterocycles. The van der Waals surface area contributed by atoms with Gasteiger partial charge in [-0.25, -0.2) is 0 Å². The van der Waals surface area contributed by atoms with E-state index in [0.717, 1.165) is 17.5 Å². The van der Waals surface area contributed by atoms with Crippen molar-refractivity contribution >= 4 is 11.0 Å². The standard InChI is InChI=1S/C10H12N2O/c1-2-7-13-10-11-8-5-3-4-6-9(8)12-10/h3-6H,2,7H2,1H3,(H,11,12). The molecule has 0 amide bonds. The largest absolute Gasteiger partial charge is 0.465 e. The Kier molecular flexibility index (Phi) is 2.17. The van der Waals surface area contributed by atoms with Crippen LogP contribution in [0, 0.1) is 0 Å². The molecule has 1 aromatic carbocycles. The third-order valence-electron chi connectivity index (χ3n) is 1.81. The van der Waals surface area contributed by atoms with Crippen molar-refractivity contribution in [1.29, 1.82) is 0 Å². The van der Waals surface area contributed by atoms with Crippen LogP contribution < -0.4 is 4.74 Å². The van der Waals surface area contributed by atoms with Gasteiger partial charge in [-0.3, -0.25) is 0 Å². The molecule has 13 heavy (non-hydrogen) atoms. The third-order valence-corrected chi connectivity index (χ3v) is 1.81. The molecule has 0 aliphatic heterocycles. The Morgan fingerprint density at radius 2 is 2.23 bits per heavy atom. The third kappa shape index (κ3) is 1.64. The van der Waals surface area contributed by atoms with Crippen molar-refractivity contribution < 1.29 is 4.74 Å². The zero-order chi connectivity index (χ0) is 9.10. The summed E-state index contributed by atoms with van der Waals surface area (Å²) in [5.41, 5.74) is 1.97. The summed E-state index contributed by atoms with van der Waals surface area (Å²) < 4.78 is 5.37. The van der Waals surface area contributed by atoms with E-state index in [-0.39, 0.29) is 0 Å². The van der Waals surface area contributed by atoms with E-state index in [2.05, 4.69) is 16.9 Å². The number of hydrogen-bond donors (Lipinski definition) is 1. The number of hydrogen-bond acceptors (Lipinski definition) is 2. The minimum Gasteiger partial charge on any atom is -0.465 e. The van der Waals surface area contributed by atoms with Crippen LogP contribution in [0.1, 0.15) is 13.3 Å². The average Bonchev–Trinajstić information content (AvgIpc) is 2.57. The van der Waals surface area contributed by atoms with Crippen molar-refractivity contribution in [3.05, 3.63) is 24.3 Å². The molecule has 0 unspecified atom stereocenters. The zero-order valence-corrected chi connectivity index (χ0v) is 7.58. The van der Waals surface area contributed by atoms with E-state index in [9.17, 15) is 0 Å². The predicted molar refractivity (Wildman–Crippen MR) is 51.9 cm³/mol. The maximum absolute atomic E-state index is 5.37. The summed E-state index contributed by atoms with van der Waals surface area (Å²) in [6.45, 7) is 2.78. The molecule has 0 spiro atoms. The number of para-hydroxylation sites is 2. The van der Waals surface area contributed by atoms with Crippen LogP contribution in [0.5, 0.6) is 6.01 Å². The molecule has 2 rings (SSSR count). The van der Waals surface area contributed by atoms with E-state index in [0.29, 0.717) is 12.6 Å². The first-order chi connectivity index (χ1) is 6.40. The summed E-state index contributed by atoms with van der Waals surface area (Å²) in [7, 11) is 0. The highest BCUT2D eigenvalue weighted by molar-refractivity contribution is 5.75. The second-order valence-corrected chi connectivity index (χ2v) is 2.91. The number of nitrogens with zero attached hydrogens (tertiary/aromatic N) is 1. The molecule has 3 nitrogen and oxygen atoms in total. The number of fused-ring (bicyclic) bond motifs is 1. The number of aromatic nitrogens is 2. The summed E-state index contributed by atoms with van der Waals surface area (Å²) in [6.07, 6.45) is 0.997. The first kappa shape index (κ1) is 8.10. The average molecular weight is 176 g/mol. The SMILES string of the molecule is CCCOc1nc2ccccc2[nH]1. The lowest BCUT2D eigenvalue weighted by Crippen LogP contribution is -1.95. The monoisotopic (exact) mass is 176 g/mol. The number of aromatic amines is 1. The van der Waals surface area contributed by atoms with Crippen molar-refractivity contribution in [2.45, 2.75) is 13.3 Å². The minimum atomic E-state index is 0.614. The molecule has 2 aromatic rings. The van der Waals surface area contributed by atoms with Crippen LogP contribution in [-0.2, 0) is 0 Å². The summed E-state index contributed by atoms with van der Waals surface area (Å²) in [6, 6.07) is 8.51. The fraction of sp³-hybridized carbons (Fsp3) is 0.300. The topological polar surface area (TPSA) is 37.9 Å². The Balaban J connectivity index is 2.28. The first-order valence-electron chi connectivity index (χ1n) is 4.47. The second kappa shape index (κ2) is 3.47. The van der Waals surface area contributed by atoms with Crippen LogP contribution in [0.15, 0.2) is 24.3 Å². The van der Waals surface area contributed by atoms with Gasteiger partial charge in [0.2, 0.25) is 0 Å². The fourth-order valence-corrected chi connectivity index (χ4v) is 1.20. The fourth-order valence-electron chi connectivity index (χ4n) is 1.20. The minimum absolute atomic E-state index is 0.614. The number of nitrogens with one attached hydrogen (secondary N) is 1. The predicted octanol–water partition coefficient (Wildman–Crippen LogP) is 2.35. The lowest BCUT2D eigenvalue weighted by Gasteiger charge is -1.96. The Hall–Kier alpha value is -1.51. The highest BCUT2D eigenvalue weighted by atomic mass is 16.5. The van der Waals surface area contributed by atoms with E-state index in [4.69, 9.17) is 4.74 Å². The molecule has 0 bridgehead atoms. The molecule has 0 radical (unpaired) electrons. The molecular formula is C10H12N2O. The molecule has 0 aliphatic rings. The summed E-state index contributed by atoms with van der Waals surface area (Å²) >= 11 is 0. The molecule has 1 N–H and O–H groups in total. The number of rotatable bonds is 3. The van der Waals surface area contributed by atoms with E-state index in [1.165, 1.54) is 0 Å². The zero-order valence-electron chi connectivity index (χ0n) is 7.58. The Bertz CT molecular complexity index is 361. The Labute approximate surface area is 76.8 Å². The summed E-state index contributed by atoms with van der Waals surface area (Å²) in [5, 5.41) is 0. The molecular weight excluding hydrogens is 164 g/mol. The van der Waals surface area contributed by atoms with Gasteiger partial charge in [-0.1, -0.05) is 19.1 Å². The van der Waals surface area contributed by atoms with E-state index in [1.54, 1.807) is 0 Å². The van der Waals surface area contributed by atoms with Gasteiger partial charge in [-0.05, 0) is 18.6 Å². The van der Waals surface area contributed by atoms with Gasteiger partial charge in [0.1, 0.15) is 0 Å². The van der Waals surface area contributed by atoms with Gasteiger partial charge in [0.15, 0.2) is 0 Å². The van der Waals surface area contributed by atoms with Crippen LogP contribution in [0.2, 0.25) is 0 Å². The number of H-pyrrole nitrogens is 1. The van der Waals surface area contributed by atoms with E-state index >= 15 is 0 Å². The molecule has 1 heterocycles. The number of benzene rings is 1. The van der Waals surface area contributed by atoms with Gasteiger partial charge in [0.25, 0.3) is 6.01 Å². The summed E-state index contributed by atoms with van der Waals surface area (Å²) in [4.78, 5) is 7.37. The van der Waals surface area contributed by atoms with Crippen LogP contribution in [0.3, 0.4) is 0 Å². The van der Waals surface area contributed by atoms with Gasteiger partial charge in [-0.15, -0.1) is 0 Å². The second-order valence-electron chi connectivity index (χ2n) is 2.91. The van der Waals surface area contributed by atoms with E-state index < -0.39 is 0 Å². The maximum Gasteiger partial charge on any atom is 0.294 e. The van der Waals surface area contributed by atoms with Crippen molar-refractivity contribution in [2.24, 2.45) is 0 Å². The molecule has 0 atom stereocenters. The van der Waals surface area contributed by atoms with Crippen molar-refractivity contribution in [1.82, 2.24) is 9.97 Å². The van der Waals surface area contributed by atoms with Gasteiger partial charge in [-0.2, -0.15) is 4.98 Å². The van der Waals surface area contributed by atoms with Crippen LogP contribution in [0.25, 0.3) is 11.0 Å². The lowest BCUT2D eigenvalue weighted by molar-refractivity contribution is 0.296. The van der Waals surface area contributed by atoms with Crippen LogP contribution in [-0.4, -0.2) is 16.6 Å². The highest BCUT2D eigenvalue weighted by Crippen LogP contribution is 2.14. The number of ether oxygens (including phenoxy) is 1. The molecule has 0 aliphatic carbocycles. The van der Waals surface area contributed by atoms with Gasteiger partial charge in [0.05, 0.1) is 17.6 Å². The van der Waals surface area contributed by atoms with Crippen molar-refractivity contribution in [3.63, 3.8) is 0 Å². The van der Waals surface area contributed by atoms with Crippen LogP contribution >= 0.6 is 0 Å². The molecule has 0 fully saturated rings.